The third kappa shape index (κ3) is 16.1. The first-order valence-electron chi connectivity index (χ1n) is 27.3. The molecule has 0 saturated carbocycles. The van der Waals surface area contributed by atoms with Crippen molar-refractivity contribution in [2.45, 2.75) is 43.4 Å². The van der Waals surface area contributed by atoms with Crippen LogP contribution in [-0.4, -0.2) is 90.7 Å². The van der Waals surface area contributed by atoms with Gasteiger partial charge in [0.25, 0.3) is 36.3 Å². The van der Waals surface area contributed by atoms with Gasteiger partial charge in [-0.3, -0.25) is 18.5 Å². The number of unbranched alkanes of at least 4 members (excludes halogenated alkanes) is 1. The van der Waals surface area contributed by atoms with Gasteiger partial charge in [0, 0.05) is 57.7 Å². The van der Waals surface area contributed by atoms with Crippen LogP contribution in [-0.2, 0) is 30.4 Å². The summed E-state index contributed by atoms with van der Waals surface area (Å²) >= 11 is 0. The molecule has 0 atom stereocenters. The standard InChI is InChI=1S/C62H58N10O16S3/c1-35-26-51(68-69-52-33-57(87-7)53(34-56(52)86-6)70-72-60-58(91(81,82)83)29-40-27-43(18-21-48(40)61(60)73)63-41-16-19-46(84-4)20-17-41)55(85-5)32-50(35)67-66-45-24-36(2)59(37(3)25-45)71-65-42-13-10-38(11-14-42)62(74)64-44-15-12-39-28-47(90(78,79)80)31-54(49(39)30-44)88-22-8-9-23-89(75,76)77/h10-21,24-34,63,73H,8-9,22-23H2,1-7H3,(H,64,74)(H,75,76,77)(H,78,79,80)(H,81,82,83). The third-order valence-corrected chi connectivity index (χ3v) is 16.4. The maximum Gasteiger partial charge on any atom is 0.296 e. The van der Waals surface area contributed by atoms with E-state index in [4.69, 9.17) is 28.2 Å². The van der Waals surface area contributed by atoms with E-state index in [2.05, 4.69) is 51.5 Å². The summed E-state index contributed by atoms with van der Waals surface area (Å²) in [6.07, 6.45) is 0.291. The highest BCUT2D eigenvalue weighted by molar-refractivity contribution is 7.86. The molecule has 0 unspecified atom stereocenters. The number of aromatic hydroxyl groups is 1. The number of phenols is 1. The number of nitrogens with one attached hydrogen (secondary N) is 2. The van der Waals surface area contributed by atoms with Crippen LogP contribution in [0, 0.1) is 20.8 Å². The highest BCUT2D eigenvalue weighted by Crippen LogP contribution is 2.46. The highest BCUT2D eigenvalue weighted by Gasteiger charge is 2.24. The second kappa shape index (κ2) is 27.6. The summed E-state index contributed by atoms with van der Waals surface area (Å²) in [4.78, 5) is 12.3. The SMILES string of the molecule is COc1ccc(Nc2ccc3c(O)c(N=Nc4cc(OC)c(N=Nc5cc(C)c(N=Nc6cc(C)c(N=Nc7ccc(C(=O)Nc8ccc9cc(S(=O)(=O)O)cc(OCCCCS(=O)(=O)O)c9c8)cc7)c(C)c6)cc5OC)cc4OC)c(S(=O)(=O)O)cc3c2)cc1. The molecule has 0 fully saturated rings. The van der Waals surface area contributed by atoms with Crippen LogP contribution < -0.4 is 34.3 Å². The molecular weight excluding hydrogens is 1240 g/mol. The number of benzene rings is 9. The van der Waals surface area contributed by atoms with E-state index in [1.54, 1.807) is 116 Å². The van der Waals surface area contributed by atoms with Gasteiger partial charge < -0.3 is 39.4 Å². The van der Waals surface area contributed by atoms with E-state index in [1.807, 2.05) is 20.8 Å². The van der Waals surface area contributed by atoms with Crippen LogP contribution in [0.2, 0.25) is 0 Å². The largest absolute Gasteiger partial charge is 0.505 e. The Morgan fingerprint density at radius 1 is 0.473 bits per heavy atom. The van der Waals surface area contributed by atoms with Crippen LogP contribution >= 0.6 is 0 Å². The number of hydrogen-bond donors (Lipinski definition) is 6. The number of hydrogen-bond acceptors (Lipinski definition) is 22. The van der Waals surface area contributed by atoms with Crippen LogP contribution in [0.3, 0.4) is 0 Å². The number of nitrogens with zero attached hydrogens (tertiary/aromatic N) is 8. The van der Waals surface area contributed by atoms with Crippen LogP contribution in [0.5, 0.6) is 34.5 Å². The zero-order valence-electron chi connectivity index (χ0n) is 49.6. The van der Waals surface area contributed by atoms with E-state index >= 15 is 0 Å². The molecule has 9 aromatic rings. The fourth-order valence-electron chi connectivity index (χ4n) is 9.27. The van der Waals surface area contributed by atoms with Gasteiger partial charge in [-0.05, 0) is 170 Å². The summed E-state index contributed by atoms with van der Waals surface area (Å²) in [5.41, 5.74) is 6.19. The van der Waals surface area contributed by atoms with Gasteiger partial charge in [0.2, 0.25) is 0 Å². The molecule has 0 radical (unpaired) electrons. The van der Waals surface area contributed by atoms with Crippen molar-refractivity contribution in [1.29, 1.82) is 0 Å². The molecule has 26 nitrogen and oxygen atoms in total. The molecule has 470 valence electrons. The summed E-state index contributed by atoms with van der Waals surface area (Å²) < 4.78 is 129. The fourth-order valence-corrected chi connectivity index (χ4v) is 11.0. The molecule has 0 aromatic heterocycles. The van der Waals surface area contributed by atoms with Gasteiger partial charge in [0.05, 0.1) is 68.4 Å². The van der Waals surface area contributed by atoms with Crippen molar-refractivity contribution in [3.63, 3.8) is 0 Å². The summed E-state index contributed by atoms with van der Waals surface area (Å²) in [5.74, 6) is -0.191. The Morgan fingerprint density at radius 2 is 1.04 bits per heavy atom. The third-order valence-electron chi connectivity index (χ3n) is 13.9. The zero-order valence-corrected chi connectivity index (χ0v) is 52.0. The number of carbonyl (C=O) groups is 1. The van der Waals surface area contributed by atoms with Gasteiger partial charge >= 0.3 is 0 Å². The van der Waals surface area contributed by atoms with Crippen molar-refractivity contribution in [2.75, 3.05) is 51.4 Å². The molecule has 91 heavy (non-hydrogen) atoms. The number of azo groups is 4. The Hall–Kier alpha value is -10.3. The van der Waals surface area contributed by atoms with Crippen molar-refractivity contribution in [3.8, 4) is 34.5 Å². The predicted molar refractivity (Wildman–Crippen MR) is 341 cm³/mol. The monoisotopic (exact) mass is 1290 g/mol. The van der Waals surface area contributed by atoms with E-state index in [9.17, 15) is 44.3 Å². The molecule has 9 rings (SSSR count). The van der Waals surface area contributed by atoms with Crippen molar-refractivity contribution in [3.05, 3.63) is 162 Å². The number of fused-ring (bicyclic) bond motifs is 2. The summed E-state index contributed by atoms with van der Waals surface area (Å²) in [6.45, 7) is 5.48. The molecule has 9 aromatic carbocycles. The first kappa shape index (κ1) is 65.2. The number of carbonyl (C=O) groups excluding carboxylic acids is 1. The fraction of sp³-hybridized carbons (Fsp3) is 0.177. The van der Waals surface area contributed by atoms with E-state index in [0.29, 0.717) is 73.3 Å². The maximum absolute atomic E-state index is 13.4. The van der Waals surface area contributed by atoms with Gasteiger partial charge in [-0.15, -0.1) is 20.5 Å². The number of methoxy groups -OCH3 is 4. The molecule has 29 heteroatoms. The smallest absolute Gasteiger partial charge is 0.296 e. The van der Waals surface area contributed by atoms with Crippen LogP contribution in [0.25, 0.3) is 21.5 Å². The zero-order chi connectivity index (χ0) is 65.4. The van der Waals surface area contributed by atoms with E-state index in [0.717, 1.165) is 17.2 Å². The normalized spacial score (nSPS) is 12.2. The van der Waals surface area contributed by atoms with Gasteiger partial charge in [0.1, 0.15) is 56.4 Å². The molecule has 0 bridgehead atoms. The van der Waals surface area contributed by atoms with Crippen molar-refractivity contribution in [2.24, 2.45) is 40.9 Å². The van der Waals surface area contributed by atoms with Crippen molar-refractivity contribution in [1.82, 2.24) is 0 Å². The number of phenolic OH excluding ortho intramolecular Hbond substituents is 1. The Bertz CT molecular complexity index is 4760. The summed E-state index contributed by atoms with van der Waals surface area (Å²) in [7, 11) is -7.97. The van der Waals surface area contributed by atoms with Crippen LogP contribution in [0.1, 0.15) is 39.9 Å². The van der Waals surface area contributed by atoms with Gasteiger partial charge in [-0.25, -0.2) is 0 Å². The number of anilines is 3. The molecule has 6 N–H and O–H groups in total. The lowest BCUT2D eigenvalue weighted by Gasteiger charge is -2.13. The molecule has 1 amide bonds. The minimum absolute atomic E-state index is 0.0345. The van der Waals surface area contributed by atoms with Crippen molar-refractivity contribution < 1.29 is 72.5 Å². The topological polar surface area (TPSA) is 370 Å². The summed E-state index contributed by atoms with van der Waals surface area (Å²) in [6, 6.07) is 36.4. The molecular formula is C62H58N10O16S3. The molecule has 0 spiro atoms. The molecule has 0 aliphatic rings. The van der Waals surface area contributed by atoms with E-state index in [1.165, 1.54) is 45.6 Å². The Morgan fingerprint density at radius 3 is 1.65 bits per heavy atom. The Labute approximate surface area is 522 Å². The average Bonchev–Trinajstić information content (AvgIpc) is 1.77. The number of ether oxygens (including phenoxy) is 5. The van der Waals surface area contributed by atoms with Gasteiger partial charge in [-0.2, -0.15) is 45.7 Å². The minimum atomic E-state index is -4.95. The first-order chi connectivity index (χ1) is 43.3. The number of aryl methyl sites for hydroxylation is 3. The lowest BCUT2D eigenvalue weighted by molar-refractivity contribution is 0.102. The lowest BCUT2D eigenvalue weighted by Crippen LogP contribution is -2.11. The first-order valence-corrected chi connectivity index (χ1v) is 31.8. The second-order valence-electron chi connectivity index (χ2n) is 20.2. The Kier molecular flexibility index (Phi) is 19.8. The molecule has 0 heterocycles. The molecule has 0 aliphatic carbocycles. The van der Waals surface area contributed by atoms with E-state index in [-0.39, 0.29) is 64.4 Å². The second-order valence-corrected chi connectivity index (χ2v) is 24.6. The highest BCUT2D eigenvalue weighted by atomic mass is 32.2. The van der Waals surface area contributed by atoms with Crippen LogP contribution in [0.4, 0.5) is 62.6 Å². The van der Waals surface area contributed by atoms with Crippen LogP contribution in [0.15, 0.2) is 190 Å². The summed E-state index contributed by atoms with van der Waals surface area (Å²) in [5, 5.41) is 53.8. The van der Waals surface area contributed by atoms with Gasteiger partial charge in [-0.1, -0.05) is 6.07 Å². The predicted octanol–water partition coefficient (Wildman–Crippen LogP) is 15.9. The number of rotatable bonds is 24. The Balaban J connectivity index is 0.858. The minimum Gasteiger partial charge on any atom is -0.505 e. The molecule has 0 saturated heterocycles. The van der Waals surface area contributed by atoms with Crippen molar-refractivity contribution >= 4 is 120 Å². The van der Waals surface area contributed by atoms with E-state index < -0.39 is 63.2 Å². The number of amides is 1. The molecule has 0 aliphatic heterocycles. The van der Waals surface area contributed by atoms with Gasteiger partial charge in [0.15, 0.2) is 5.75 Å². The quantitative estimate of drug-likeness (QED) is 0.0186. The maximum atomic E-state index is 13.4. The average molecular weight is 1300 g/mol. The lowest BCUT2D eigenvalue weighted by atomic mass is 10.1.